The highest BCUT2D eigenvalue weighted by Crippen LogP contribution is 2.24. The number of nitrogens with zero attached hydrogens (tertiary/aromatic N) is 7. The van der Waals surface area contributed by atoms with Crippen molar-refractivity contribution in [3.63, 3.8) is 0 Å². The topological polar surface area (TPSA) is 120 Å². The molecule has 1 N–H and O–H groups in total. The first-order valence-electron chi connectivity index (χ1n) is 12.6. The normalized spacial score (nSPS) is 16.6. The first-order chi connectivity index (χ1) is 19.5. The van der Waals surface area contributed by atoms with Crippen LogP contribution < -0.4 is 5.69 Å². The van der Waals surface area contributed by atoms with Crippen LogP contribution in [0.15, 0.2) is 59.7 Å². The number of alkyl halides is 3. The molecule has 0 aliphatic carbocycles. The van der Waals surface area contributed by atoms with Gasteiger partial charge in [-0.3, -0.25) is 9.36 Å². The molecular formula is C26H25ClF3N7O4. The van der Waals surface area contributed by atoms with E-state index in [9.17, 15) is 27.9 Å². The number of aliphatic hydroxyl groups excluding tert-OH is 1. The number of morpholine rings is 1. The molecule has 0 radical (unpaired) electrons. The van der Waals surface area contributed by atoms with Crippen LogP contribution in [0.1, 0.15) is 23.1 Å². The van der Waals surface area contributed by atoms with Gasteiger partial charge in [-0.05, 0) is 43.3 Å². The van der Waals surface area contributed by atoms with E-state index < -0.39 is 24.5 Å². The van der Waals surface area contributed by atoms with E-state index in [4.69, 9.17) is 16.3 Å². The third-order valence-corrected chi connectivity index (χ3v) is 6.75. The van der Waals surface area contributed by atoms with Crippen LogP contribution >= 0.6 is 11.6 Å². The van der Waals surface area contributed by atoms with Gasteiger partial charge in [-0.15, -0.1) is 10.2 Å². The molecule has 2 atom stereocenters. The van der Waals surface area contributed by atoms with E-state index in [2.05, 4.69) is 15.2 Å². The fraction of sp³-hybridized carbons (Fsp3) is 0.346. The summed E-state index contributed by atoms with van der Waals surface area (Å²) >= 11 is 5.93. The van der Waals surface area contributed by atoms with Gasteiger partial charge in [-0.2, -0.15) is 13.2 Å². The smallest absolute Gasteiger partial charge is 0.382 e. The number of aliphatic hydroxyl groups is 1. The highest BCUT2D eigenvalue weighted by atomic mass is 35.5. The predicted molar refractivity (Wildman–Crippen MR) is 141 cm³/mol. The Bertz CT molecular complexity index is 1600. The van der Waals surface area contributed by atoms with Gasteiger partial charge in [0.1, 0.15) is 12.9 Å². The zero-order valence-corrected chi connectivity index (χ0v) is 22.5. The Labute approximate surface area is 236 Å². The van der Waals surface area contributed by atoms with Crippen molar-refractivity contribution < 1.29 is 27.8 Å². The number of hydrogen-bond acceptors (Lipinski definition) is 7. The van der Waals surface area contributed by atoms with Crippen molar-refractivity contribution in [1.82, 2.24) is 34.0 Å². The van der Waals surface area contributed by atoms with Gasteiger partial charge in [0, 0.05) is 23.7 Å². The van der Waals surface area contributed by atoms with Crippen LogP contribution in [0.25, 0.3) is 17.1 Å². The summed E-state index contributed by atoms with van der Waals surface area (Å²) in [6.45, 7) is 1.88. The van der Waals surface area contributed by atoms with E-state index >= 15 is 0 Å². The average molecular weight is 592 g/mol. The number of carbonyl (C=O) groups is 1. The fourth-order valence-electron chi connectivity index (χ4n) is 4.44. The van der Waals surface area contributed by atoms with E-state index in [-0.39, 0.29) is 30.2 Å². The van der Waals surface area contributed by atoms with E-state index in [1.165, 1.54) is 35.3 Å². The molecule has 1 saturated heterocycles. The number of halogens is 4. The maximum atomic E-state index is 13.3. The molecule has 1 unspecified atom stereocenters. The zero-order valence-electron chi connectivity index (χ0n) is 21.7. The van der Waals surface area contributed by atoms with Crippen molar-refractivity contribution in [3.8, 4) is 17.1 Å². The van der Waals surface area contributed by atoms with E-state index in [0.29, 0.717) is 41.5 Å². The Morgan fingerprint density at radius 2 is 1.90 bits per heavy atom. The van der Waals surface area contributed by atoms with Crippen molar-refractivity contribution >= 4 is 17.5 Å². The summed E-state index contributed by atoms with van der Waals surface area (Å²) in [5.41, 5.74) is 0.281. The van der Waals surface area contributed by atoms with Crippen LogP contribution in [0, 0.1) is 0 Å². The summed E-state index contributed by atoms with van der Waals surface area (Å²) < 4.78 is 48.0. The minimum atomic E-state index is -4.94. The van der Waals surface area contributed by atoms with Crippen LogP contribution in [0.5, 0.6) is 0 Å². The molecule has 0 bridgehead atoms. The summed E-state index contributed by atoms with van der Waals surface area (Å²) in [4.78, 5) is 32.4. The lowest BCUT2D eigenvalue weighted by Crippen LogP contribution is -2.44. The molecule has 2 aromatic carbocycles. The van der Waals surface area contributed by atoms with Gasteiger partial charge < -0.3 is 14.7 Å². The molecule has 5 rings (SSSR count). The van der Waals surface area contributed by atoms with Gasteiger partial charge in [0.15, 0.2) is 17.8 Å². The standard InChI is InChI=1S/C26H25ClF3N7O4/c1-16-12-34(10-11-41-16)24(39)19-4-2-3-5-20(19)37-15-31-22(32-37)14-36-25(40)35(13-21(38)26(28,29)30)23(33-36)17-6-8-18(27)9-7-17/h2-9,15-16,21,38H,10-14H2,1H3/t16?,21-/m0/s1. The van der Waals surface area contributed by atoms with Crippen LogP contribution in [0.2, 0.25) is 5.02 Å². The second kappa shape index (κ2) is 11.5. The van der Waals surface area contributed by atoms with Gasteiger partial charge in [0.25, 0.3) is 5.91 Å². The second-order valence-electron chi connectivity index (χ2n) is 9.49. The summed E-state index contributed by atoms with van der Waals surface area (Å²) in [7, 11) is 0. The number of aromatic nitrogens is 6. The Morgan fingerprint density at radius 1 is 1.17 bits per heavy atom. The average Bonchev–Trinajstić information content (AvgIpc) is 3.53. The second-order valence-corrected chi connectivity index (χ2v) is 9.93. The molecule has 0 spiro atoms. The molecular weight excluding hydrogens is 567 g/mol. The highest BCUT2D eigenvalue weighted by Gasteiger charge is 2.39. The molecule has 216 valence electrons. The molecule has 1 fully saturated rings. The molecule has 1 aliphatic rings. The molecule has 4 aromatic rings. The molecule has 1 amide bonds. The first kappa shape index (κ1) is 28.5. The number of ether oxygens (including phenoxy) is 1. The number of amides is 1. The lowest BCUT2D eigenvalue weighted by molar-refractivity contribution is -0.207. The van der Waals surface area contributed by atoms with Crippen molar-refractivity contribution in [2.75, 3.05) is 19.7 Å². The predicted octanol–water partition coefficient (Wildman–Crippen LogP) is 2.78. The molecule has 11 nitrogen and oxygen atoms in total. The maximum Gasteiger partial charge on any atom is 0.416 e. The molecule has 0 saturated carbocycles. The third kappa shape index (κ3) is 6.19. The largest absolute Gasteiger partial charge is 0.416 e. The first-order valence-corrected chi connectivity index (χ1v) is 13.0. The molecule has 2 aromatic heterocycles. The van der Waals surface area contributed by atoms with E-state index in [0.717, 1.165) is 9.25 Å². The Kier molecular flexibility index (Phi) is 7.98. The van der Waals surface area contributed by atoms with Gasteiger partial charge in [0.2, 0.25) is 0 Å². The number of benzene rings is 2. The zero-order chi connectivity index (χ0) is 29.3. The molecule has 3 heterocycles. The number of hydrogen-bond donors (Lipinski definition) is 1. The Balaban J connectivity index is 1.45. The quantitative estimate of drug-likeness (QED) is 0.351. The van der Waals surface area contributed by atoms with Gasteiger partial charge >= 0.3 is 11.9 Å². The molecule has 1 aliphatic heterocycles. The maximum absolute atomic E-state index is 13.3. The number of carbonyl (C=O) groups excluding carboxylic acids is 1. The van der Waals surface area contributed by atoms with Crippen molar-refractivity contribution in [3.05, 3.63) is 81.8 Å². The lowest BCUT2D eigenvalue weighted by Gasteiger charge is -2.31. The van der Waals surface area contributed by atoms with Crippen LogP contribution in [0.3, 0.4) is 0 Å². The fourth-order valence-corrected chi connectivity index (χ4v) is 4.57. The summed E-state index contributed by atoms with van der Waals surface area (Å²) in [5.74, 6) is -0.165. The van der Waals surface area contributed by atoms with Crippen LogP contribution in [0.4, 0.5) is 13.2 Å². The summed E-state index contributed by atoms with van der Waals surface area (Å²) in [5, 5.41) is 18.7. The highest BCUT2D eigenvalue weighted by molar-refractivity contribution is 6.30. The van der Waals surface area contributed by atoms with Crippen molar-refractivity contribution in [2.24, 2.45) is 0 Å². The third-order valence-electron chi connectivity index (χ3n) is 6.50. The van der Waals surface area contributed by atoms with E-state index in [1.54, 1.807) is 29.2 Å². The van der Waals surface area contributed by atoms with Gasteiger partial charge in [-0.1, -0.05) is 23.7 Å². The lowest BCUT2D eigenvalue weighted by atomic mass is 10.1. The van der Waals surface area contributed by atoms with Crippen molar-refractivity contribution in [2.45, 2.75) is 38.4 Å². The van der Waals surface area contributed by atoms with E-state index in [1.807, 2.05) is 6.92 Å². The summed E-state index contributed by atoms with van der Waals surface area (Å²) in [6, 6.07) is 12.9. The minimum Gasteiger partial charge on any atom is -0.382 e. The number of rotatable bonds is 7. The van der Waals surface area contributed by atoms with Gasteiger partial charge in [-0.25, -0.2) is 19.1 Å². The monoisotopic (exact) mass is 591 g/mol. The molecule has 41 heavy (non-hydrogen) atoms. The van der Waals surface area contributed by atoms with Crippen molar-refractivity contribution in [1.29, 1.82) is 0 Å². The van der Waals surface area contributed by atoms with Crippen LogP contribution in [-0.2, 0) is 17.8 Å². The minimum absolute atomic E-state index is 0.0917. The van der Waals surface area contributed by atoms with Gasteiger partial charge in [0.05, 0.1) is 30.5 Å². The Morgan fingerprint density at radius 3 is 2.61 bits per heavy atom. The van der Waals surface area contributed by atoms with Crippen LogP contribution in [-0.4, -0.2) is 83.1 Å². The number of para-hydroxylation sites is 1. The Hall–Kier alpha value is -4.01. The SMILES string of the molecule is CC1CN(C(=O)c2ccccc2-n2cnc(Cn3nc(-c4ccc(Cl)cc4)n(C[C@H](O)C(F)(F)F)c3=O)n2)CCO1. The summed E-state index contributed by atoms with van der Waals surface area (Å²) in [6.07, 6.45) is -6.45. The molecule has 15 heteroatoms.